The van der Waals surface area contributed by atoms with Crippen molar-refractivity contribution in [1.29, 1.82) is 5.26 Å². The van der Waals surface area contributed by atoms with E-state index in [2.05, 4.69) is 0 Å². The van der Waals surface area contributed by atoms with Crippen molar-refractivity contribution in [2.45, 2.75) is 32.1 Å². The molecule has 3 heteroatoms. The number of carbonyl (C=O) groups excluding carboxylic acids is 1. The van der Waals surface area contributed by atoms with Gasteiger partial charge in [-0.05, 0) is 61.3 Å². The van der Waals surface area contributed by atoms with Crippen LogP contribution in [-0.4, -0.2) is 5.97 Å². The van der Waals surface area contributed by atoms with Gasteiger partial charge in [-0.3, -0.25) is 4.79 Å². The SMILES string of the molecule is N#Cc1ccc(OC(=O)C[C@@H]2C[C@H]3CC[C@@H]2C3)cc1. The van der Waals surface area contributed by atoms with Gasteiger partial charge in [0.15, 0.2) is 0 Å². The van der Waals surface area contributed by atoms with Gasteiger partial charge in [-0.15, -0.1) is 0 Å². The lowest BCUT2D eigenvalue weighted by Crippen LogP contribution is -2.18. The second kappa shape index (κ2) is 5.05. The third kappa shape index (κ3) is 2.63. The van der Waals surface area contributed by atoms with E-state index >= 15 is 0 Å². The second-order valence-electron chi connectivity index (χ2n) is 5.75. The Morgan fingerprint density at radius 1 is 1.26 bits per heavy atom. The number of nitrogens with zero attached hydrogens (tertiary/aromatic N) is 1. The average Bonchev–Trinajstić information content (AvgIpc) is 3.02. The minimum absolute atomic E-state index is 0.137. The van der Waals surface area contributed by atoms with Gasteiger partial charge in [0, 0.05) is 6.42 Å². The first-order chi connectivity index (χ1) is 9.24. The Balaban J connectivity index is 1.55. The highest BCUT2D eigenvalue weighted by Crippen LogP contribution is 2.49. The lowest BCUT2D eigenvalue weighted by molar-refractivity contribution is -0.135. The summed E-state index contributed by atoms with van der Waals surface area (Å²) in [5, 5.41) is 8.70. The summed E-state index contributed by atoms with van der Waals surface area (Å²) in [6.07, 6.45) is 5.70. The Bertz CT molecular complexity index is 515. The van der Waals surface area contributed by atoms with E-state index in [0.29, 0.717) is 23.7 Å². The first kappa shape index (κ1) is 12.2. The van der Waals surface area contributed by atoms with Gasteiger partial charge in [-0.25, -0.2) is 0 Å². The van der Waals surface area contributed by atoms with Crippen LogP contribution in [0.3, 0.4) is 0 Å². The molecule has 2 aliphatic rings. The molecule has 0 unspecified atom stereocenters. The Labute approximate surface area is 113 Å². The van der Waals surface area contributed by atoms with Crippen molar-refractivity contribution in [1.82, 2.24) is 0 Å². The van der Waals surface area contributed by atoms with Gasteiger partial charge >= 0.3 is 5.97 Å². The lowest BCUT2D eigenvalue weighted by atomic mass is 9.86. The van der Waals surface area contributed by atoms with Gasteiger partial charge < -0.3 is 4.74 Å². The van der Waals surface area contributed by atoms with E-state index in [4.69, 9.17) is 10.00 Å². The van der Waals surface area contributed by atoms with E-state index in [9.17, 15) is 4.79 Å². The Kier molecular flexibility index (Phi) is 3.25. The zero-order valence-corrected chi connectivity index (χ0v) is 10.8. The van der Waals surface area contributed by atoms with Gasteiger partial charge in [0.25, 0.3) is 0 Å². The largest absolute Gasteiger partial charge is 0.427 e. The van der Waals surface area contributed by atoms with E-state index < -0.39 is 0 Å². The molecule has 3 rings (SSSR count). The Hall–Kier alpha value is -1.82. The number of ether oxygens (including phenoxy) is 1. The highest BCUT2D eigenvalue weighted by Gasteiger charge is 2.40. The fourth-order valence-corrected chi connectivity index (χ4v) is 3.61. The van der Waals surface area contributed by atoms with Crippen molar-refractivity contribution in [3.05, 3.63) is 29.8 Å². The number of nitriles is 1. The smallest absolute Gasteiger partial charge is 0.311 e. The molecule has 2 aliphatic carbocycles. The second-order valence-corrected chi connectivity index (χ2v) is 5.75. The summed E-state index contributed by atoms with van der Waals surface area (Å²) in [7, 11) is 0. The summed E-state index contributed by atoms with van der Waals surface area (Å²) in [6.45, 7) is 0. The third-order valence-corrected chi connectivity index (χ3v) is 4.53. The molecule has 0 aromatic heterocycles. The lowest BCUT2D eigenvalue weighted by Gasteiger charge is -2.20. The molecule has 19 heavy (non-hydrogen) atoms. The molecule has 0 amide bonds. The van der Waals surface area contributed by atoms with Crippen molar-refractivity contribution in [2.75, 3.05) is 0 Å². The molecule has 3 nitrogen and oxygen atoms in total. The maximum atomic E-state index is 11.9. The Morgan fingerprint density at radius 3 is 2.63 bits per heavy atom. The maximum Gasteiger partial charge on any atom is 0.311 e. The quantitative estimate of drug-likeness (QED) is 0.615. The molecular weight excluding hydrogens is 238 g/mol. The summed E-state index contributed by atoms with van der Waals surface area (Å²) < 4.78 is 5.34. The summed E-state index contributed by atoms with van der Waals surface area (Å²) >= 11 is 0. The zero-order chi connectivity index (χ0) is 13.2. The summed E-state index contributed by atoms with van der Waals surface area (Å²) in [4.78, 5) is 11.9. The molecule has 2 saturated carbocycles. The predicted molar refractivity (Wildman–Crippen MR) is 70.3 cm³/mol. The molecule has 2 bridgehead atoms. The van der Waals surface area contributed by atoms with Crippen molar-refractivity contribution in [2.24, 2.45) is 17.8 Å². The normalized spacial score (nSPS) is 28.1. The molecule has 0 aliphatic heterocycles. The van der Waals surface area contributed by atoms with Crippen LogP contribution in [0, 0.1) is 29.1 Å². The predicted octanol–water partition coefficient (Wildman–Crippen LogP) is 3.29. The van der Waals surface area contributed by atoms with E-state index in [1.807, 2.05) is 6.07 Å². The molecule has 2 fully saturated rings. The van der Waals surface area contributed by atoms with Gasteiger partial charge in [0.1, 0.15) is 5.75 Å². The van der Waals surface area contributed by atoms with Crippen LogP contribution < -0.4 is 4.74 Å². The van der Waals surface area contributed by atoms with Crippen LogP contribution in [-0.2, 0) is 4.79 Å². The first-order valence-corrected chi connectivity index (χ1v) is 6.95. The molecule has 0 heterocycles. The highest BCUT2D eigenvalue weighted by atomic mass is 16.5. The molecule has 0 radical (unpaired) electrons. The van der Waals surface area contributed by atoms with Crippen LogP contribution >= 0.6 is 0 Å². The van der Waals surface area contributed by atoms with Gasteiger partial charge in [0.05, 0.1) is 11.6 Å². The molecule has 0 saturated heterocycles. The topological polar surface area (TPSA) is 50.1 Å². The monoisotopic (exact) mass is 255 g/mol. The number of hydrogen-bond donors (Lipinski definition) is 0. The summed E-state index contributed by atoms with van der Waals surface area (Å²) in [5.74, 6) is 2.54. The number of esters is 1. The number of carbonyl (C=O) groups is 1. The molecule has 98 valence electrons. The highest BCUT2D eigenvalue weighted by molar-refractivity contribution is 5.72. The van der Waals surface area contributed by atoms with Gasteiger partial charge in [-0.1, -0.05) is 6.42 Å². The van der Waals surface area contributed by atoms with Crippen molar-refractivity contribution >= 4 is 5.97 Å². The minimum atomic E-state index is -0.137. The molecule has 1 aromatic rings. The summed E-state index contributed by atoms with van der Waals surface area (Å²) in [6, 6.07) is 8.73. The summed E-state index contributed by atoms with van der Waals surface area (Å²) in [5.41, 5.74) is 0.577. The van der Waals surface area contributed by atoms with E-state index in [-0.39, 0.29) is 5.97 Å². The van der Waals surface area contributed by atoms with Crippen LogP contribution in [0.25, 0.3) is 0 Å². The number of fused-ring (bicyclic) bond motifs is 2. The minimum Gasteiger partial charge on any atom is -0.427 e. The number of benzene rings is 1. The van der Waals surface area contributed by atoms with Crippen molar-refractivity contribution in [3.63, 3.8) is 0 Å². The molecule has 1 aromatic carbocycles. The maximum absolute atomic E-state index is 11.9. The van der Waals surface area contributed by atoms with Crippen LogP contribution in [0.4, 0.5) is 0 Å². The number of rotatable bonds is 3. The zero-order valence-electron chi connectivity index (χ0n) is 10.8. The van der Waals surface area contributed by atoms with E-state index in [1.54, 1.807) is 24.3 Å². The van der Waals surface area contributed by atoms with E-state index in [0.717, 1.165) is 11.8 Å². The Morgan fingerprint density at radius 2 is 2.05 bits per heavy atom. The van der Waals surface area contributed by atoms with Crippen LogP contribution in [0.2, 0.25) is 0 Å². The van der Waals surface area contributed by atoms with Gasteiger partial charge in [0.2, 0.25) is 0 Å². The van der Waals surface area contributed by atoms with Crippen molar-refractivity contribution in [3.8, 4) is 11.8 Å². The average molecular weight is 255 g/mol. The fraction of sp³-hybridized carbons (Fsp3) is 0.500. The van der Waals surface area contributed by atoms with Crippen LogP contribution in [0.5, 0.6) is 5.75 Å². The third-order valence-electron chi connectivity index (χ3n) is 4.53. The molecule has 0 N–H and O–H groups in total. The molecule has 3 atom stereocenters. The van der Waals surface area contributed by atoms with Crippen LogP contribution in [0.15, 0.2) is 24.3 Å². The number of hydrogen-bond acceptors (Lipinski definition) is 3. The van der Waals surface area contributed by atoms with Crippen LogP contribution in [0.1, 0.15) is 37.7 Å². The fourth-order valence-electron chi connectivity index (χ4n) is 3.61. The van der Waals surface area contributed by atoms with Crippen molar-refractivity contribution < 1.29 is 9.53 Å². The first-order valence-electron chi connectivity index (χ1n) is 6.95. The van der Waals surface area contributed by atoms with Gasteiger partial charge in [-0.2, -0.15) is 5.26 Å². The standard InChI is InChI=1S/C16H17NO2/c17-10-11-2-5-15(6-3-11)19-16(18)9-14-8-12-1-4-13(14)7-12/h2-3,5-6,12-14H,1,4,7-9H2/t12-,13+,14-/m0/s1. The van der Waals surface area contributed by atoms with E-state index in [1.165, 1.54) is 25.7 Å². The molecule has 0 spiro atoms. The molecular formula is C16H17NO2.